The van der Waals surface area contributed by atoms with Gasteiger partial charge in [-0.05, 0) is 44.6 Å². The first kappa shape index (κ1) is 11.4. The summed E-state index contributed by atoms with van der Waals surface area (Å²) in [5.74, 6) is 0. The summed E-state index contributed by atoms with van der Waals surface area (Å²) < 4.78 is 0. The standard InChI is InChI=1S/C15H21N/c1-12-7-9-13(10-8-12)11-15(16)14-5-3-2-4-6-14/h5,7-10,15H,2-4,6,11,16H2,1H3. The van der Waals surface area contributed by atoms with E-state index in [0.717, 1.165) is 6.42 Å². The lowest BCUT2D eigenvalue weighted by atomic mass is 9.91. The summed E-state index contributed by atoms with van der Waals surface area (Å²) in [7, 11) is 0. The molecule has 1 unspecified atom stereocenters. The SMILES string of the molecule is Cc1ccc(CC(N)C2=CCCCC2)cc1. The Bertz CT molecular complexity index is 362. The zero-order valence-corrected chi connectivity index (χ0v) is 10.1. The lowest BCUT2D eigenvalue weighted by molar-refractivity contribution is 0.630. The monoisotopic (exact) mass is 215 g/mol. The molecule has 0 saturated heterocycles. The first-order valence-corrected chi connectivity index (χ1v) is 6.26. The summed E-state index contributed by atoms with van der Waals surface area (Å²) in [6, 6.07) is 8.94. The van der Waals surface area contributed by atoms with Crippen molar-refractivity contribution in [2.45, 2.75) is 45.1 Å². The molecule has 1 aliphatic carbocycles. The van der Waals surface area contributed by atoms with E-state index >= 15 is 0 Å². The lowest BCUT2D eigenvalue weighted by Crippen LogP contribution is -2.26. The van der Waals surface area contributed by atoms with Crippen LogP contribution in [-0.2, 0) is 6.42 Å². The molecule has 0 fully saturated rings. The Morgan fingerprint density at radius 3 is 2.56 bits per heavy atom. The van der Waals surface area contributed by atoms with Crippen LogP contribution in [0.2, 0.25) is 0 Å². The topological polar surface area (TPSA) is 26.0 Å². The Labute approximate surface area is 98.4 Å². The third-order valence-corrected chi connectivity index (χ3v) is 3.38. The van der Waals surface area contributed by atoms with E-state index in [1.54, 1.807) is 0 Å². The third kappa shape index (κ3) is 2.96. The van der Waals surface area contributed by atoms with E-state index in [-0.39, 0.29) is 6.04 Å². The Morgan fingerprint density at radius 2 is 1.94 bits per heavy atom. The van der Waals surface area contributed by atoms with E-state index in [1.165, 1.54) is 42.4 Å². The van der Waals surface area contributed by atoms with Crippen LogP contribution in [0.15, 0.2) is 35.9 Å². The van der Waals surface area contributed by atoms with Gasteiger partial charge in [0.1, 0.15) is 0 Å². The number of hydrogen-bond donors (Lipinski definition) is 1. The van der Waals surface area contributed by atoms with Crippen LogP contribution >= 0.6 is 0 Å². The van der Waals surface area contributed by atoms with Gasteiger partial charge in [-0.25, -0.2) is 0 Å². The minimum atomic E-state index is 0.225. The van der Waals surface area contributed by atoms with Gasteiger partial charge in [0.2, 0.25) is 0 Å². The van der Waals surface area contributed by atoms with Gasteiger partial charge < -0.3 is 5.73 Å². The van der Waals surface area contributed by atoms with Crippen molar-refractivity contribution >= 4 is 0 Å². The number of aryl methyl sites for hydroxylation is 1. The van der Waals surface area contributed by atoms with Crippen molar-refractivity contribution in [1.29, 1.82) is 0 Å². The van der Waals surface area contributed by atoms with E-state index < -0.39 is 0 Å². The van der Waals surface area contributed by atoms with Crippen LogP contribution in [0.25, 0.3) is 0 Å². The summed E-state index contributed by atoms with van der Waals surface area (Å²) >= 11 is 0. The largest absolute Gasteiger partial charge is 0.324 e. The van der Waals surface area contributed by atoms with Crippen LogP contribution < -0.4 is 5.73 Å². The number of nitrogens with two attached hydrogens (primary N) is 1. The highest BCUT2D eigenvalue weighted by Gasteiger charge is 2.12. The van der Waals surface area contributed by atoms with E-state index in [2.05, 4.69) is 37.3 Å². The number of hydrogen-bond acceptors (Lipinski definition) is 1. The number of rotatable bonds is 3. The quantitative estimate of drug-likeness (QED) is 0.769. The summed E-state index contributed by atoms with van der Waals surface area (Å²) in [5.41, 5.74) is 10.4. The third-order valence-electron chi connectivity index (χ3n) is 3.38. The molecule has 0 amide bonds. The van der Waals surface area contributed by atoms with Gasteiger partial charge in [0.25, 0.3) is 0 Å². The van der Waals surface area contributed by atoms with Crippen LogP contribution in [0.5, 0.6) is 0 Å². The van der Waals surface area contributed by atoms with Crippen molar-refractivity contribution in [3.05, 3.63) is 47.0 Å². The van der Waals surface area contributed by atoms with Crippen LogP contribution in [0, 0.1) is 6.92 Å². The molecule has 0 radical (unpaired) electrons. The van der Waals surface area contributed by atoms with E-state index in [4.69, 9.17) is 5.73 Å². The average Bonchev–Trinajstić information content (AvgIpc) is 2.33. The predicted octanol–water partition coefficient (Wildman–Crippen LogP) is 3.37. The summed E-state index contributed by atoms with van der Waals surface area (Å²) in [4.78, 5) is 0. The molecule has 1 nitrogen and oxygen atoms in total. The van der Waals surface area contributed by atoms with Crippen LogP contribution in [0.4, 0.5) is 0 Å². The first-order chi connectivity index (χ1) is 7.75. The minimum Gasteiger partial charge on any atom is -0.324 e. The Hall–Kier alpha value is -1.08. The molecular formula is C15H21N. The van der Waals surface area contributed by atoms with E-state index in [0.29, 0.717) is 0 Å². The highest BCUT2D eigenvalue weighted by Crippen LogP contribution is 2.21. The van der Waals surface area contributed by atoms with Crippen molar-refractivity contribution < 1.29 is 0 Å². The molecule has 0 spiro atoms. The molecule has 2 rings (SSSR count). The molecule has 16 heavy (non-hydrogen) atoms. The van der Waals surface area contributed by atoms with Gasteiger partial charge in [0, 0.05) is 6.04 Å². The Morgan fingerprint density at radius 1 is 1.19 bits per heavy atom. The zero-order valence-electron chi connectivity index (χ0n) is 10.1. The van der Waals surface area contributed by atoms with Gasteiger partial charge in [-0.1, -0.05) is 41.5 Å². The molecule has 1 heteroatoms. The van der Waals surface area contributed by atoms with E-state index in [9.17, 15) is 0 Å². The minimum absolute atomic E-state index is 0.225. The predicted molar refractivity (Wildman–Crippen MR) is 69.4 cm³/mol. The molecule has 1 aromatic carbocycles. The fraction of sp³-hybridized carbons (Fsp3) is 0.467. The maximum atomic E-state index is 6.25. The van der Waals surface area contributed by atoms with Crippen molar-refractivity contribution in [2.24, 2.45) is 5.73 Å². The molecule has 2 N–H and O–H groups in total. The van der Waals surface area contributed by atoms with Gasteiger partial charge in [0.05, 0.1) is 0 Å². The molecule has 0 aliphatic heterocycles. The maximum Gasteiger partial charge on any atom is 0.0294 e. The Balaban J connectivity index is 1.98. The molecule has 0 saturated carbocycles. The molecular weight excluding hydrogens is 194 g/mol. The maximum absolute atomic E-state index is 6.25. The van der Waals surface area contributed by atoms with Gasteiger partial charge >= 0.3 is 0 Å². The molecule has 1 aliphatic rings. The molecule has 1 atom stereocenters. The summed E-state index contributed by atoms with van der Waals surface area (Å²) in [6.45, 7) is 2.12. The molecule has 1 aromatic rings. The second-order valence-corrected chi connectivity index (χ2v) is 4.82. The number of benzene rings is 1. The summed E-state index contributed by atoms with van der Waals surface area (Å²) in [6.07, 6.45) is 8.40. The smallest absolute Gasteiger partial charge is 0.0294 e. The van der Waals surface area contributed by atoms with E-state index in [1.807, 2.05) is 0 Å². The van der Waals surface area contributed by atoms with Gasteiger partial charge in [-0.15, -0.1) is 0 Å². The lowest BCUT2D eigenvalue weighted by Gasteiger charge is -2.19. The number of allylic oxidation sites excluding steroid dienone is 1. The molecule has 86 valence electrons. The van der Waals surface area contributed by atoms with Crippen molar-refractivity contribution in [3.8, 4) is 0 Å². The van der Waals surface area contributed by atoms with Crippen molar-refractivity contribution in [3.63, 3.8) is 0 Å². The fourth-order valence-corrected chi connectivity index (χ4v) is 2.31. The fourth-order valence-electron chi connectivity index (χ4n) is 2.31. The molecule has 0 aromatic heterocycles. The highest BCUT2D eigenvalue weighted by molar-refractivity contribution is 5.24. The highest BCUT2D eigenvalue weighted by atomic mass is 14.6. The molecule has 0 bridgehead atoms. The van der Waals surface area contributed by atoms with Crippen LogP contribution in [-0.4, -0.2) is 6.04 Å². The molecule has 0 heterocycles. The van der Waals surface area contributed by atoms with Gasteiger partial charge in [-0.2, -0.15) is 0 Å². The Kier molecular flexibility index (Phi) is 3.79. The van der Waals surface area contributed by atoms with Gasteiger partial charge in [0.15, 0.2) is 0 Å². The van der Waals surface area contributed by atoms with Crippen LogP contribution in [0.3, 0.4) is 0 Å². The summed E-state index contributed by atoms with van der Waals surface area (Å²) in [5, 5.41) is 0. The second kappa shape index (κ2) is 5.31. The van der Waals surface area contributed by atoms with Gasteiger partial charge in [-0.3, -0.25) is 0 Å². The second-order valence-electron chi connectivity index (χ2n) is 4.82. The average molecular weight is 215 g/mol. The van der Waals surface area contributed by atoms with Crippen molar-refractivity contribution in [1.82, 2.24) is 0 Å². The first-order valence-electron chi connectivity index (χ1n) is 6.26. The normalized spacial score (nSPS) is 18.0. The van der Waals surface area contributed by atoms with Crippen LogP contribution in [0.1, 0.15) is 36.8 Å². The van der Waals surface area contributed by atoms with Crippen molar-refractivity contribution in [2.75, 3.05) is 0 Å². The zero-order chi connectivity index (χ0) is 11.4.